The van der Waals surface area contributed by atoms with Gasteiger partial charge in [-0.3, -0.25) is 0 Å². The van der Waals surface area contributed by atoms with E-state index in [0.29, 0.717) is 15.9 Å². The summed E-state index contributed by atoms with van der Waals surface area (Å²) in [5.74, 6) is 0.235. The van der Waals surface area contributed by atoms with E-state index in [1.54, 1.807) is 18.2 Å². The number of phenolic OH excluding ortho intramolecular Hbond substituents is 1. The van der Waals surface area contributed by atoms with Crippen LogP contribution in [-0.2, 0) is 6.42 Å². The number of aromatic hydroxyl groups is 1. The van der Waals surface area contributed by atoms with Gasteiger partial charge in [0.1, 0.15) is 5.75 Å². The average Bonchev–Trinajstić information content (AvgIpc) is 2.00. The Kier molecular flexibility index (Phi) is 3.18. The Balaban J connectivity index is 3.17. The maximum absolute atomic E-state index is 9.50. The lowest BCUT2D eigenvalue weighted by molar-refractivity contribution is 0.466. The van der Waals surface area contributed by atoms with Gasteiger partial charge in [0.2, 0.25) is 0 Å². The lowest BCUT2D eigenvalue weighted by Crippen LogP contribution is -1.83. The number of rotatable bonds is 2. The maximum Gasteiger partial charge on any atom is 0.133 e. The zero-order chi connectivity index (χ0) is 9.14. The number of halogens is 2. The molecule has 0 radical (unpaired) electrons. The molecule has 0 aliphatic rings. The van der Waals surface area contributed by atoms with Crippen molar-refractivity contribution in [3.05, 3.63) is 39.8 Å². The van der Waals surface area contributed by atoms with Crippen molar-refractivity contribution < 1.29 is 5.11 Å². The Morgan fingerprint density at radius 1 is 1.58 bits per heavy atom. The van der Waals surface area contributed by atoms with Crippen molar-refractivity contribution in [2.75, 3.05) is 0 Å². The fourth-order valence-electron chi connectivity index (χ4n) is 0.930. The molecule has 0 fully saturated rings. The Labute approximate surface area is 84.8 Å². The number of benzene rings is 1. The molecule has 1 aromatic rings. The van der Waals surface area contributed by atoms with Crippen molar-refractivity contribution in [1.29, 1.82) is 0 Å². The molecule has 0 unspecified atom stereocenters. The molecule has 1 rings (SSSR count). The molecular formula is C9H8BrClO. The van der Waals surface area contributed by atoms with Gasteiger partial charge in [-0.15, -0.1) is 6.58 Å². The molecule has 0 amide bonds. The van der Waals surface area contributed by atoms with Gasteiger partial charge in [-0.25, -0.2) is 0 Å². The first-order valence-corrected chi connectivity index (χ1v) is 4.60. The highest BCUT2D eigenvalue weighted by Crippen LogP contribution is 2.31. The Morgan fingerprint density at radius 3 is 2.83 bits per heavy atom. The van der Waals surface area contributed by atoms with E-state index >= 15 is 0 Å². The second-order valence-corrected chi connectivity index (χ2v) is 3.68. The van der Waals surface area contributed by atoms with Crippen molar-refractivity contribution in [2.45, 2.75) is 6.42 Å². The summed E-state index contributed by atoms with van der Waals surface area (Å²) in [4.78, 5) is 0. The van der Waals surface area contributed by atoms with Gasteiger partial charge in [-0.2, -0.15) is 0 Å². The van der Waals surface area contributed by atoms with E-state index in [2.05, 4.69) is 22.5 Å². The molecule has 12 heavy (non-hydrogen) atoms. The average molecular weight is 248 g/mol. The highest BCUT2D eigenvalue weighted by molar-refractivity contribution is 9.10. The van der Waals surface area contributed by atoms with Crippen LogP contribution in [0.15, 0.2) is 29.3 Å². The summed E-state index contributed by atoms with van der Waals surface area (Å²) in [6, 6.07) is 3.38. The molecule has 0 aliphatic heterocycles. The van der Waals surface area contributed by atoms with E-state index in [0.717, 1.165) is 5.56 Å². The smallest absolute Gasteiger partial charge is 0.133 e. The minimum absolute atomic E-state index is 0.235. The zero-order valence-electron chi connectivity index (χ0n) is 6.35. The van der Waals surface area contributed by atoms with Crippen molar-refractivity contribution in [3.8, 4) is 5.75 Å². The van der Waals surface area contributed by atoms with Crippen LogP contribution in [-0.4, -0.2) is 5.11 Å². The summed E-state index contributed by atoms with van der Waals surface area (Å²) < 4.78 is 0.617. The van der Waals surface area contributed by atoms with E-state index in [1.807, 2.05) is 0 Å². The van der Waals surface area contributed by atoms with Crippen LogP contribution in [0.3, 0.4) is 0 Å². The molecule has 1 aromatic carbocycles. The van der Waals surface area contributed by atoms with Crippen molar-refractivity contribution >= 4 is 27.5 Å². The van der Waals surface area contributed by atoms with E-state index in [-0.39, 0.29) is 5.75 Å². The Hall–Kier alpha value is -0.470. The number of phenols is 1. The summed E-state index contributed by atoms with van der Waals surface area (Å²) in [6.07, 6.45) is 2.34. The lowest BCUT2D eigenvalue weighted by atomic mass is 10.1. The third-order valence-electron chi connectivity index (χ3n) is 1.47. The summed E-state index contributed by atoms with van der Waals surface area (Å²) in [7, 11) is 0. The summed E-state index contributed by atoms with van der Waals surface area (Å²) in [5.41, 5.74) is 0.782. The molecule has 0 heterocycles. The van der Waals surface area contributed by atoms with Crippen molar-refractivity contribution in [1.82, 2.24) is 0 Å². The van der Waals surface area contributed by atoms with Gasteiger partial charge in [0.25, 0.3) is 0 Å². The van der Waals surface area contributed by atoms with Crippen LogP contribution >= 0.6 is 27.5 Å². The fraction of sp³-hybridized carbons (Fsp3) is 0.111. The molecule has 0 saturated heterocycles. The van der Waals surface area contributed by atoms with E-state index in [4.69, 9.17) is 11.6 Å². The normalized spacial score (nSPS) is 9.83. The van der Waals surface area contributed by atoms with Crippen LogP contribution in [0, 0.1) is 0 Å². The van der Waals surface area contributed by atoms with Gasteiger partial charge in [0.05, 0.1) is 4.47 Å². The molecule has 1 nitrogen and oxygen atoms in total. The monoisotopic (exact) mass is 246 g/mol. The van der Waals surface area contributed by atoms with Crippen LogP contribution in [0.2, 0.25) is 5.02 Å². The Morgan fingerprint density at radius 2 is 2.25 bits per heavy atom. The maximum atomic E-state index is 9.50. The third-order valence-corrected chi connectivity index (χ3v) is 2.29. The topological polar surface area (TPSA) is 20.2 Å². The van der Waals surface area contributed by atoms with Crippen LogP contribution in [0.1, 0.15) is 5.56 Å². The highest BCUT2D eigenvalue weighted by atomic mass is 79.9. The molecule has 1 N–H and O–H groups in total. The molecule has 3 heteroatoms. The summed E-state index contributed by atoms with van der Waals surface area (Å²) in [6.45, 7) is 3.59. The lowest BCUT2D eigenvalue weighted by Gasteiger charge is -2.04. The minimum atomic E-state index is 0.235. The van der Waals surface area contributed by atoms with Gasteiger partial charge >= 0.3 is 0 Å². The number of hydrogen-bond acceptors (Lipinski definition) is 1. The second-order valence-electron chi connectivity index (χ2n) is 2.39. The molecule has 0 saturated carbocycles. The molecular weight excluding hydrogens is 239 g/mol. The quantitative estimate of drug-likeness (QED) is 0.793. The van der Waals surface area contributed by atoms with Crippen molar-refractivity contribution in [2.24, 2.45) is 0 Å². The minimum Gasteiger partial charge on any atom is -0.506 e. The molecule has 0 aromatic heterocycles. The first-order valence-electron chi connectivity index (χ1n) is 3.43. The third kappa shape index (κ3) is 2.02. The number of allylic oxidation sites excluding steroid dienone is 1. The number of hydrogen-bond donors (Lipinski definition) is 1. The van der Waals surface area contributed by atoms with Gasteiger partial charge < -0.3 is 5.11 Å². The molecule has 0 spiro atoms. The van der Waals surface area contributed by atoms with E-state index < -0.39 is 0 Å². The van der Waals surface area contributed by atoms with Gasteiger partial charge in [0.15, 0.2) is 0 Å². The predicted octanol–water partition coefficient (Wildman–Crippen LogP) is 3.54. The highest BCUT2D eigenvalue weighted by Gasteiger charge is 2.05. The Bertz CT molecular complexity index is 310. The van der Waals surface area contributed by atoms with Crippen molar-refractivity contribution in [3.63, 3.8) is 0 Å². The van der Waals surface area contributed by atoms with Crippen LogP contribution < -0.4 is 0 Å². The predicted molar refractivity (Wildman–Crippen MR) is 54.7 cm³/mol. The van der Waals surface area contributed by atoms with Crippen LogP contribution in [0.4, 0.5) is 0 Å². The fourth-order valence-corrected chi connectivity index (χ4v) is 1.80. The first kappa shape index (κ1) is 9.62. The molecule has 64 valence electrons. The molecule has 0 bridgehead atoms. The largest absolute Gasteiger partial charge is 0.506 e. The van der Waals surface area contributed by atoms with Gasteiger partial charge in [-0.1, -0.05) is 17.7 Å². The molecule has 0 atom stereocenters. The second kappa shape index (κ2) is 3.97. The van der Waals surface area contributed by atoms with Crippen LogP contribution in [0.25, 0.3) is 0 Å². The zero-order valence-corrected chi connectivity index (χ0v) is 8.69. The summed E-state index contributed by atoms with van der Waals surface area (Å²) in [5, 5.41) is 10.1. The standard InChI is InChI=1S/C9H8BrClO/c1-2-3-6-4-7(11)5-8(10)9(6)12/h2,4-5,12H,1,3H2. The van der Waals surface area contributed by atoms with Gasteiger partial charge in [0, 0.05) is 10.6 Å². The molecule has 0 aliphatic carbocycles. The van der Waals surface area contributed by atoms with E-state index in [1.165, 1.54) is 0 Å². The van der Waals surface area contributed by atoms with Gasteiger partial charge in [-0.05, 0) is 34.5 Å². The van der Waals surface area contributed by atoms with E-state index in [9.17, 15) is 5.11 Å². The first-order chi connectivity index (χ1) is 5.65. The summed E-state index contributed by atoms with van der Waals surface area (Å²) >= 11 is 8.98. The SMILES string of the molecule is C=CCc1cc(Cl)cc(Br)c1O. The van der Waals surface area contributed by atoms with Crippen LogP contribution in [0.5, 0.6) is 5.75 Å².